The fraction of sp³-hybridized carbons (Fsp3) is 0.455. The minimum absolute atomic E-state index is 0.282. The third kappa shape index (κ3) is 3.13. The van der Waals surface area contributed by atoms with Gasteiger partial charge in [-0.15, -0.1) is 0 Å². The van der Waals surface area contributed by atoms with Gasteiger partial charge in [0.2, 0.25) is 0 Å². The summed E-state index contributed by atoms with van der Waals surface area (Å²) in [5, 5.41) is 0. The van der Waals surface area contributed by atoms with Gasteiger partial charge in [-0.05, 0) is 39.2 Å². The number of hydrogen-bond donors (Lipinski definition) is 0. The minimum Gasteiger partial charge on any atom is -0.489 e. The largest absolute Gasteiger partial charge is 0.489 e. The molecule has 0 N–H and O–H groups in total. The van der Waals surface area contributed by atoms with Gasteiger partial charge in [-0.3, -0.25) is 0 Å². The average molecular weight is 174 g/mol. The van der Waals surface area contributed by atoms with E-state index in [0.717, 1.165) is 5.75 Å². The summed E-state index contributed by atoms with van der Waals surface area (Å²) in [5.41, 5.74) is 0.952. The summed E-state index contributed by atoms with van der Waals surface area (Å²) in [6, 6.07) is 7.99. The average Bonchev–Trinajstić information content (AvgIpc) is 2.09. The standard InChI is InChI=1S/C11H15BO/c1-9-4-6-10(7-5-9)13-11(2,3)8-12/h4-7H,8H2,1-3H3. The molecule has 0 fully saturated rings. The van der Waals surface area contributed by atoms with Gasteiger partial charge in [0.1, 0.15) is 5.75 Å². The fourth-order valence-corrected chi connectivity index (χ4v) is 0.967. The molecule has 1 aromatic carbocycles. The maximum atomic E-state index is 5.68. The number of benzene rings is 1. The van der Waals surface area contributed by atoms with Crippen molar-refractivity contribution in [3.05, 3.63) is 29.8 Å². The van der Waals surface area contributed by atoms with Crippen LogP contribution in [0.25, 0.3) is 0 Å². The van der Waals surface area contributed by atoms with Gasteiger partial charge in [-0.25, -0.2) is 0 Å². The summed E-state index contributed by atoms with van der Waals surface area (Å²) in [6.07, 6.45) is 0.515. The van der Waals surface area contributed by atoms with Crippen LogP contribution in [-0.4, -0.2) is 13.4 Å². The van der Waals surface area contributed by atoms with Crippen LogP contribution in [0.4, 0.5) is 0 Å². The molecule has 13 heavy (non-hydrogen) atoms. The molecule has 0 atom stereocenters. The topological polar surface area (TPSA) is 9.23 Å². The van der Waals surface area contributed by atoms with E-state index in [1.165, 1.54) is 5.56 Å². The van der Waals surface area contributed by atoms with E-state index in [2.05, 4.69) is 6.92 Å². The van der Waals surface area contributed by atoms with E-state index in [1.54, 1.807) is 0 Å². The van der Waals surface area contributed by atoms with Gasteiger partial charge >= 0.3 is 0 Å². The number of aryl methyl sites for hydroxylation is 1. The third-order valence-electron chi connectivity index (χ3n) is 1.91. The van der Waals surface area contributed by atoms with E-state index in [0.29, 0.717) is 6.32 Å². The molecular weight excluding hydrogens is 159 g/mol. The van der Waals surface area contributed by atoms with Crippen LogP contribution < -0.4 is 4.74 Å². The first-order valence-electron chi connectivity index (χ1n) is 4.49. The zero-order chi connectivity index (χ0) is 9.90. The summed E-state index contributed by atoms with van der Waals surface area (Å²) in [4.78, 5) is 0. The van der Waals surface area contributed by atoms with Crippen molar-refractivity contribution in [3.63, 3.8) is 0 Å². The third-order valence-corrected chi connectivity index (χ3v) is 1.91. The number of hydrogen-bond acceptors (Lipinski definition) is 1. The second-order valence-corrected chi connectivity index (χ2v) is 3.88. The van der Waals surface area contributed by atoms with Crippen LogP contribution in [0.15, 0.2) is 24.3 Å². The molecule has 0 unspecified atom stereocenters. The molecule has 2 heteroatoms. The molecule has 2 radical (unpaired) electrons. The molecular formula is C11H15BO. The van der Waals surface area contributed by atoms with Crippen LogP contribution in [-0.2, 0) is 0 Å². The lowest BCUT2D eigenvalue weighted by atomic mass is 9.90. The molecule has 0 saturated carbocycles. The highest BCUT2D eigenvalue weighted by Crippen LogP contribution is 2.20. The Kier molecular flexibility index (Phi) is 3.02. The molecule has 0 heterocycles. The molecule has 0 saturated heterocycles. The van der Waals surface area contributed by atoms with Gasteiger partial charge in [0.25, 0.3) is 0 Å². The van der Waals surface area contributed by atoms with Gasteiger partial charge in [0.05, 0.1) is 13.4 Å². The van der Waals surface area contributed by atoms with E-state index in [4.69, 9.17) is 12.6 Å². The molecule has 1 nitrogen and oxygen atoms in total. The predicted octanol–water partition coefficient (Wildman–Crippen LogP) is 2.74. The van der Waals surface area contributed by atoms with Crippen LogP contribution in [0, 0.1) is 6.92 Å². The summed E-state index contributed by atoms with van der Waals surface area (Å²) in [5.74, 6) is 0.876. The minimum atomic E-state index is -0.282. The van der Waals surface area contributed by atoms with Crippen molar-refractivity contribution in [2.24, 2.45) is 0 Å². The highest BCUT2D eigenvalue weighted by atomic mass is 16.5. The van der Waals surface area contributed by atoms with Crippen LogP contribution in [0.1, 0.15) is 19.4 Å². The first-order valence-corrected chi connectivity index (χ1v) is 4.49. The highest BCUT2D eigenvalue weighted by molar-refractivity contribution is 6.09. The van der Waals surface area contributed by atoms with Crippen molar-refractivity contribution in [2.45, 2.75) is 32.7 Å². The van der Waals surface area contributed by atoms with Crippen molar-refractivity contribution in [1.82, 2.24) is 0 Å². The Bertz CT molecular complexity index is 264. The Labute approximate surface area is 81.5 Å². The highest BCUT2D eigenvalue weighted by Gasteiger charge is 2.15. The molecule has 0 aliphatic rings. The zero-order valence-electron chi connectivity index (χ0n) is 8.50. The second kappa shape index (κ2) is 3.86. The van der Waals surface area contributed by atoms with Crippen LogP contribution >= 0.6 is 0 Å². The Morgan fingerprint density at radius 2 is 1.77 bits per heavy atom. The van der Waals surface area contributed by atoms with E-state index < -0.39 is 0 Å². The van der Waals surface area contributed by atoms with Gasteiger partial charge in [-0.2, -0.15) is 0 Å². The van der Waals surface area contributed by atoms with E-state index >= 15 is 0 Å². The predicted molar refractivity (Wildman–Crippen MR) is 56.4 cm³/mol. The molecule has 0 aliphatic heterocycles. The Morgan fingerprint density at radius 1 is 1.23 bits per heavy atom. The van der Waals surface area contributed by atoms with E-state index in [9.17, 15) is 0 Å². The fourth-order valence-electron chi connectivity index (χ4n) is 0.967. The summed E-state index contributed by atoms with van der Waals surface area (Å²) in [7, 11) is 5.56. The summed E-state index contributed by atoms with van der Waals surface area (Å²) in [6.45, 7) is 6.01. The van der Waals surface area contributed by atoms with Crippen LogP contribution in [0.3, 0.4) is 0 Å². The Hall–Kier alpha value is -0.915. The second-order valence-electron chi connectivity index (χ2n) is 3.88. The van der Waals surface area contributed by atoms with Crippen LogP contribution in [0.5, 0.6) is 5.75 Å². The number of ether oxygens (including phenoxy) is 1. The lowest BCUT2D eigenvalue weighted by Crippen LogP contribution is -2.27. The summed E-state index contributed by atoms with van der Waals surface area (Å²) >= 11 is 0. The maximum absolute atomic E-state index is 5.68. The molecule has 0 aliphatic carbocycles. The number of rotatable bonds is 3. The quantitative estimate of drug-likeness (QED) is 0.640. The van der Waals surface area contributed by atoms with Gasteiger partial charge in [0.15, 0.2) is 0 Å². The first-order chi connectivity index (χ1) is 6.03. The van der Waals surface area contributed by atoms with Gasteiger partial charge < -0.3 is 4.74 Å². The molecule has 0 aromatic heterocycles. The van der Waals surface area contributed by atoms with Crippen LogP contribution in [0.2, 0.25) is 6.32 Å². The molecule has 0 amide bonds. The van der Waals surface area contributed by atoms with Crippen molar-refractivity contribution >= 4 is 7.85 Å². The van der Waals surface area contributed by atoms with Crippen molar-refractivity contribution < 1.29 is 4.74 Å². The molecule has 1 aromatic rings. The first kappa shape index (κ1) is 10.2. The molecule has 68 valence electrons. The zero-order valence-corrected chi connectivity index (χ0v) is 8.50. The van der Waals surface area contributed by atoms with Gasteiger partial charge in [-0.1, -0.05) is 17.7 Å². The lowest BCUT2D eigenvalue weighted by molar-refractivity contribution is 0.131. The lowest BCUT2D eigenvalue weighted by Gasteiger charge is -2.25. The smallest absolute Gasteiger partial charge is 0.120 e. The van der Waals surface area contributed by atoms with Crippen molar-refractivity contribution in [1.29, 1.82) is 0 Å². The van der Waals surface area contributed by atoms with Crippen molar-refractivity contribution in [2.75, 3.05) is 0 Å². The van der Waals surface area contributed by atoms with Crippen molar-refractivity contribution in [3.8, 4) is 5.75 Å². The molecule has 1 rings (SSSR count). The summed E-state index contributed by atoms with van der Waals surface area (Å²) < 4.78 is 5.68. The molecule has 0 spiro atoms. The monoisotopic (exact) mass is 174 g/mol. The molecule has 0 bridgehead atoms. The van der Waals surface area contributed by atoms with E-state index in [-0.39, 0.29) is 5.60 Å². The van der Waals surface area contributed by atoms with Gasteiger partial charge in [0, 0.05) is 0 Å². The Morgan fingerprint density at radius 3 is 2.23 bits per heavy atom. The van der Waals surface area contributed by atoms with E-state index in [1.807, 2.05) is 38.1 Å². The SMILES string of the molecule is [B]CC(C)(C)Oc1ccc(C)cc1. The normalized spacial score (nSPS) is 11.3. The Balaban J connectivity index is 2.69. The maximum Gasteiger partial charge on any atom is 0.120 e.